The van der Waals surface area contributed by atoms with Crippen LogP contribution < -0.4 is 21.0 Å². The number of nitrogens with one attached hydrogen (secondary N) is 2. The second-order valence-corrected chi connectivity index (χ2v) is 11.7. The number of unbranched alkanes of at least 4 members (excludes halogenated alkanes) is 2. The van der Waals surface area contributed by atoms with Gasteiger partial charge in [-0.2, -0.15) is 0 Å². The molecule has 2 aromatic rings. The van der Waals surface area contributed by atoms with Crippen molar-refractivity contribution in [3.8, 4) is 5.75 Å². The quantitative estimate of drug-likeness (QED) is 0.323. The zero-order valence-corrected chi connectivity index (χ0v) is 23.4. The maximum absolute atomic E-state index is 12.3. The van der Waals surface area contributed by atoms with Crippen molar-refractivity contribution in [1.82, 2.24) is 10.7 Å². The number of nitrogens with zero attached hydrogens (tertiary/aromatic N) is 1. The zero-order valence-electron chi connectivity index (χ0n) is 23.4. The molecule has 2 N–H and O–H groups in total. The first kappa shape index (κ1) is 28.0. The number of fused-ring (bicyclic) bond motifs is 2. The number of aryl methyl sites for hydroxylation is 2. The monoisotopic (exact) mass is 525 g/mol. The van der Waals surface area contributed by atoms with Gasteiger partial charge in [-0.25, -0.2) is 10.2 Å². The maximum atomic E-state index is 12.3. The van der Waals surface area contributed by atoms with Gasteiger partial charge in [0.25, 0.3) is 0 Å². The molecular formula is C30H43N3O5. The number of hydrogen-bond donors (Lipinski definition) is 2. The summed E-state index contributed by atoms with van der Waals surface area (Å²) < 4.78 is 17.9. The highest BCUT2D eigenvalue weighted by Crippen LogP contribution is 2.43. The largest absolute Gasteiger partial charge is 0.487 e. The molecule has 8 nitrogen and oxygen atoms in total. The van der Waals surface area contributed by atoms with E-state index in [1.54, 1.807) is 0 Å². The molecule has 1 fully saturated rings. The van der Waals surface area contributed by atoms with Gasteiger partial charge in [0, 0.05) is 30.5 Å². The predicted octanol–water partition coefficient (Wildman–Crippen LogP) is 6.04. The molecule has 2 aliphatic rings. The minimum atomic E-state index is -0.508. The number of ether oxygens (including phenoxy) is 2. The summed E-state index contributed by atoms with van der Waals surface area (Å²) in [5, 5.41) is 8.07. The SMILES string of the molecule is CCc1cc(=NNC(=O)CCCCCNC(=O)OC(C)(C)C)oc2cc3c(cc12)CCC1(CCCCC1)O3. The van der Waals surface area contributed by atoms with E-state index in [0.717, 1.165) is 67.2 Å². The number of carbonyl (C=O) groups is 2. The van der Waals surface area contributed by atoms with Crippen molar-refractivity contribution in [3.63, 3.8) is 0 Å². The fourth-order valence-electron chi connectivity index (χ4n) is 5.41. The lowest BCUT2D eigenvalue weighted by Gasteiger charge is -2.41. The van der Waals surface area contributed by atoms with Crippen molar-refractivity contribution in [2.75, 3.05) is 6.54 Å². The fourth-order valence-corrected chi connectivity index (χ4v) is 5.41. The Balaban J connectivity index is 1.33. The third kappa shape index (κ3) is 7.51. The highest BCUT2D eigenvalue weighted by molar-refractivity contribution is 5.83. The van der Waals surface area contributed by atoms with Crippen LogP contribution in [-0.4, -0.2) is 29.7 Å². The van der Waals surface area contributed by atoms with E-state index in [9.17, 15) is 9.59 Å². The first-order valence-corrected chi connectivity index (χ1v) is 14.2. The van der Waals surface area contributed by atoms with Crippen molar-refractivity contribution < 1.29 is 23.5 Å². The first-order valence-electron chi connectivity index (χ1n) is 14.2. The van der Waals surface area contributed by atoms with Gasteiger partial charge in [-0.3, -0.25) is 4.79 Å². The van der Waals surface area contributed by atoms with Crippen molar-refractivity contribution in [3.05, 3.63) is 34.9 Å². The van der Waals surface area contributed by atoms with Gasteiger partial charge >= 0.3 is 6.09 Å². The van der Waals surface area contributed by atoms with Crippen LogP contribution in [0.15, 0.2) is 27.7 Å². The van der Waals surface area contributed by atoms with Crippen LogP contribution in [0, 0.1) is 0 Å². The van der Waals surface area contributed by atoms with Crippen LogP contribution in [0.2, 0.25) is 0 Å². The summed E-state index contributed by atoms with van der Waals surface area (Å²) in [7, 11) is 0. The molecule has 1 saturated carbocycles. The Morgan fingerprint density at radius 1 is 1.05 bits per heavy atom. The predicted molar refractivity (Wildman–Crippen MR) is 147 cm³/mol. The Labute approximate surface area is 225 Å². The average molecular weight is 526 g/mol. The van der Waals surface area contributed by atoms with E-state index < -0.39 is 11.7 Å². The summed E-state index contributed by atoms with van der Waals surface area (Å²) in [6.07, 6.45) is 11.2. The van der Waals surface area contributed by atoms with Crippen molar-refractivity contribution >= 4 is 23.0 Å². The second-order valence-electron chi connectivity index (χ2n) is 11.7. The smallest absolute Gasteiger partial charge is 0.407 e. The van der Waals surface area contributed by atoms with E-state index in [2.05, 4.69) is 28.8 Å². The maximum Gasteiger partial charge on any atom is 0.407 e. The van der Waals surface area contributed by atoms with Crippen molar-refractivity contribution in [2.24, 2.45) is 5.10 Å². The molecular weight excluding hydrogens is 482 g/mol. The first-order chi connectivity index (χ1) is 18.2. The van der Waals surface area contributed by atoms with E-state index in [4.69, 9.17) is 13.9 Å². The highest BCUT2D eigenvalue weighted by atomic mass is 16.6. The molecule has 38 heavy (non-hydrogen) atoms. The van der Waals surface area contributed by atoms with Crippen LogP contribution >= 0.6 is 0 Å². The minimum absolute atomic E-state index is 0.0196. The number of rotatable bonds is 8. The molecule has 2 amide bonds. The molecule has 1 aromatic carbocycles. The molecule has 1 aliphatic carbocycles. The molecule has 0 atom stereocenters. The highest BCUT2D eigenvalue weighted by Gasteiger charge is 2.37. The van der Waals surface area contributed by atoms with Crippen LogP contribution in [0.4, 0.5) is 4.79 Å². The Hall–Kier alpha value is -3.03. The summed E-state index contributed by atoms with van der Waals surface area (Å²) in [6, 6.07) is 6.14. The van der Waals surface area contributed by atoms with E-state index in [1.165, 1.54) is 24.8 Å². The van der Waals surface area contributed by atoms with Gasteiger partial charge in [0.1, 0.15) is 22.5 Å². The lowest BCUT2D eigenvalue weighted by atomic mass is 9.79. The van der Waals surface area contributed by atoms with Crippen LogP contribution in [0.3, 0.4) is 0 Å². The molecule has 8 heteroatoms. The normalized spacial score (nSPS) is 17.1. The molecule has 0 bridgehead atoms. The van der Waals surface area contributed by atoms with Crippen LogP contribution in [-0.2, 0) is 22.4 Å². The Kier molecular flexibility index (Phi) is 9.00. The standard InChI is InChI=1S/C30H43N3O5/c1-5-21-19-27(33-32-26(34)12-8-6-11-17-31-28(35)38-29(2,3)4)36-25-20-24-22(18-23(21)25)13-16-30(37-24)14-9-7-10-15-30/h18-20H,5-17H2,1-4H3,(H,31,35)(H,32,34). The second kappa shape index (κ2) is 12.2. The average Bonchev–Trinajstić information content (AvgIpc) is 2.87. The molecule has 208 valence electrons. The molecule has 1 spiro atoms. The number of amides is 2. The summed E-state index contributed by atoms with van der Waals surface area (Å²) >= 11 is 0. The van der Waals surface area contributed by atoms with Crippen molar-refractivity contribution in [1.29, 1.82) is 0 Å². The minimum Gasteiger partial charge on any atom is -0.487 e. The lowest BCUT2D eigenvalue weighted by Crippen LogP contribution is -2.41. The lowest BCUT2D eigenvalue weighted by molar-refractivity contribution is -0.121. The van der Waals surface area contributed by atoms with Gasteiger partial charge in [-0.05, 0) is 95.8 Å². The van der Waals surface area contributed by atoms with Gasteiger partial charge in [0.05, 0.1) is 0 Å². The number of hydrogen-bond acceptors (Lipinski definition) is 6. The summed E-state index contributed by atoms with van der Waals surface area (Å²) in [5.41, 5.74) is 5.61. The number of benzene rings is 1. The summed E-state index contributed by atoms with van der Waals surface area (Å²) in [5.74, 6) is 0.769. The van der Waals surface area contributed by atoms with E-state index in [0.29, 0.717) is 24.9 Å². The number of carbonyl (C=O) groups excluding carboxylic acids is 2. The molecule has 1 aliphatic heterocycles. The third-order valence-corrected chi connectivity index (χ3v) is 7.38. The topological polar surface area (TPSA) is 102 Å². The third-order valence-electron chi connectivity index (χ3n) is 7.38. The van der Waals surface area contributed by atoms with Crippen LogP contribution in [0.5, 0.6) is 5.75 Å². The molecule has 4 rings (SSSR count). The van der Waals surface area contributed by atoms with Gasteiger partial charge in [-0.15, -0.1) is 5.10 Å². The van der Waals surface area contributed by atoms with Gasteiger partial charge < -0.3 is 19.2 Å². The van der Waals surface area contributed by atoms with Crippen LogP contribution in [0.25, 0.3) is 11.0 Å². The van der Waals surface area contributed by atoms with E-state index >= 15 is 0 Å². The van der Waals surface area contributed by atoms with Gasteiger partial charge in [0.15, 0.2) is 0 Å². The zero-order chi connectivity index (χ0) is 27.2. The fraction of sp³-hybridized carbons (Fsp3) is 0.633. The summed E-state index contributed by atoms with van der Waals surface area (Å²) in [6.45, 7) is 8.13. The van der Waals surface area contributed by atoms with Gasteiger partial charge in [-0.1, -0.05) is 19.8 Å². The molecule has 1 aromatic heterocycles. The molecule has 0 saturated heterocycles. The number of alkyl carbamates (subject to hydrolysis) is 1. The summed E-state index contributed by atoms with van der Waals surface area (Å²) in [4.78, 5) is 24.0. The Morgan fingerprint density at radius 3 is 2.58 bits per heavy atom. The Bertz CT molecular complexity index is 1200. The Morgan fingerprint density at radius 2 is 1.84 bits per heavy atom. The molecule has 0 unspecified atom stereocenters. The van der Waals surface area contributed by atoms with Gasteiger partial charge in [0.2, 0.25) is 11.5 Å². The van der Waals surface area contributed by atoms with Crippen molar-refractivity contribution in [2.45, 2.75) is 116 Å². The molecule has 0 radical (unpaired) electrons. The van der Waals surface area contributed by atoms with E-state index in [1.807, 2.05) is 32.9 Å². The van der Waals surface area contributed by atoms with Crippen LogP contribution in [0.1, 0.15) is 103 Å². The van der Waals surface area contributed by atoms with E-state index in [-0.39, 0.29) is 11.5 Å². The molecule has 2 heterocycles.